The van der Waals surface area contributed by atoms with Crippen molar-refractivity contribution in [2.75, 3.05) is 26.2 Å². The summed E-state index contributed by atoms with van der Waals surface area (Å²) in [5.41, 5.74) is 2.56. The van der Waals surface area contributed by atoms with Crippen LogP contribution in [0, 0.1) is 17.6 Å². The topological polar surface area (TPSA) is 49.8 Å². The summed E-state index contributed by atoms with van der Waals surface area (Å²) >= 11 is 0. The number of aliphatic carboxylic acids is 1. The molecule has 1 aliphatic rings. The summed E-state index contributed by atoms with van der Waals surface area (Å²) in [6.07, 6.45) is 5.43. The molecule has 154 valence electrons. The van der Waals surface area contributed by atoms with Crippen molar-refractivity contribution < 1.29 is 23.4 Å². The number of carboxylic acid groups (broad SMARTS) is 1. The predicted molar refractivity (Wildman–Crippen MR) is 107 cm³/mol. The second-order valence-electron chi connectivity index (χ2n) is 7.30. The van der Waals surface area contributed by atoms with Crippen LogP contribution in [0.5, 0.6) is 0 Å². The molecule has 1 atom stereocenters. The standard InChI is InChI=1S/C23H25F2NO3/c24-21-6-3-17(4-7-21)14-18-5-8-22(25)15-19(18)9-12-29-13-11-26-10-1-2-20(16-26)23(27)28/h3-9,12,15,20H,1-2,10-11,13-14,16H2,(H,27,28)/b12-9-. The number of carboxylic acids is 1. The number of carbonyl (C=O) groups is 1. The molecule has 0 bridgehead atoms. The molecule has 0 amide bonds. The molecule has 1 unspecified atom stereocenters. The number of ether oxygens (including phenoxy) is 1. The maximum absolute atomic E-state index is 13.7. The molecule has 1 aliphatic heterocycles. The van der Waals surface area contributed by atoms with Crippen molar-refractivity contribution in [1.29, 1.82) is 0 Å². The molecule has 1 fully saturated rings. The maximum atomic E-state index is 13.7. The molecular weight excluding hydrogens is 376 g/mol. The molecule has 0 aromatic heterocycles. The molecule has 0 saturated carbocycles. The highest BCUT2D eigenvalue weighted by Gasteiger charge is 2.24. The molecule has 3 rings (SSSR count). The van der Waals surface area contributed by atoms with Crippen LogP contribution in [0.3, 0.4) is 0 Å². The average Bonchev–Trinajstić information content (AvgIpc) is 2.71. The maximum Gasteiger partial charge on any atom is 0.307 e. The van der Waals surface area contributed by atoms with Gasteiger partial charge >= 0.3 is 5.97 Å². The fraction of sp³-hybridized carbons (Fsp3) is 0.348. The Labute approximate surface area is 169 Å². The van der Waals surface area contributed by atoms with Crippen molar-refractivity contribution in [1.82, 2.24) is 4.90 Å². The number of rotatable bonds is 8. The highest BCUT2D eigenvalue weighted by Crippen LogP contribution is 2.19. The van der Waals surface area contributed by atoms with Crippen molar-refractivity contribution in [2.45, 2.75) is 19.3 Å². The zero-order valence-corrected chi connectivity index (χ0v) is 16.2. The van der Waals surface area contributed by atoms with Gasteiger partial charge in [0.1, 0.15) is 11.6 Å². The first-order chi connectivity index (χ1) is 14.0. The van der Waals surface area contributed by atoms with E-state index in [1.165, 1.54) is 24.3 Å². The number of nitrogens with zero attached hydrogens (tertiary/aromatic N) is 1. The molecule has 1 N–H and O–H groups in total. The number of benzene rings is 2. The molecule has 1 saturated heterocycles. The van der Waals surface area contributed by atoms with Gasteiger partial charge in [-0.25, -0.2) is 8.78 Å². The fourth-order valence-electron chi connectivity index (χ4n) is 3.54. The molecule has 4 nitrogen and oxygen atoms in total. The van der Waals surface area contributed by atoms with Crippen LogP contribution in [0.25, 0.3) is 6.08 Å². The van der Waals surface area contributed by atoms with Gasteiger partial charge in [-0.2, -0.15) is 0 Å². The van der Waals surface area contributed by atoms with Crippen LogP contribution in [-0.4, -0.2) is 42.2 Å². The monoisotopic (exact) mass is 401 g/mol. The third-order valence-electron chi connectivity index (χ3n) is 5.14. The summed E-state index contributed by atoms with van der Waals surface area (Å²) < 4.78 is 32.3. The molecule has 29 heavy (non-hydrogen) atoms. The lowest BCUT2D eigenvalue weighted by Gasteiger charge is -2.30. The van der Waals surface area contributed by atoms with E-state index in [1.54, 1.807) is 30.5 Å². The summed E-state index contributed by atoms with van der Waals surface area (Å²) in [6, 6.07) is 10.8. The smallest absolute Gasteiger partial charge is 0.307 e. The van der Waals surface area contributed by atoms with Crippen LogP contribution >= 0.6 is 0 Å². The third-order valence-corrected chi connectivity index (χ3v) is 5.14. The minimum atomic E-state index is -0.740. The van der Waals surface area contributed by atoms with E-state index in [-0.39, 0.29) is 17.6 Å². The minimum Gasteiger partial charge on any atom is -0.500 e. The van der Waals surface area contributed by atoms with Crippen molar-refractivity contribution in [3.8, 4) is 0 Å². The molecule has 2 aromatic rings. The Bertz CT molecular complexity index is 852. The second kappa shape index (κ2) is 10.2. The van der Waals surface area contributed by atoms with Gasteiger partial charge in [-0.3, -0.25) is 9.69 Å². The van der Waals surface area contributed by atoms with Crippen LogP contribution in [0.4, 0.5) is 8.78 Å². The molecule has 0 aliphatic carbocycles. The van der Waals surface area contributed by atoms with Crippen molar-refractivity contribution in [3.05, 3.63) is 77.1 Å². The molecule has 2 aromatic carbocycles. The van der Waals surface area contributed by atoms with E-state index in [0.717, 1.165) is 30.5 Å². The average molecular weight is 401 g/mol. The number of likely N-dealkylation sites (tertiary alicyclic amines) is 1. The van der Waals surface area contributed by atoms with Gasteiger partial charge < -0.3 is 9.84 Å². The van der Waals surface area contributed by atoms with Crippen molar-refractivity contribution >= 4 is 12.0 Å². The molecule has 6 heteroatoms. The first-order valence-corrected chi connectivity index (χ1v) is 9.77. The summed E-state index contributed by atoms with van der Waals surface area (Å²) in [5, 5.41) is 9.14. The summed E-state index contributed by atoms with van der Waals surface area (Å²) in [7, 11) is 0. The Hall–Kier alpha value is -2.73. The Morgan fingerprint density at radius 3 is 2.69 bits per heavy atom. The minimum absolute atomic E-state index is 0.287. The van der Waals surface area contributed by atoms with Crippen LogP contribution < -0.4 is 0 Å². The quantitative estimate of drug-likeness (QED) is 0.528. The van der Waals surface area contributed by atoms with Gasteiger partial charge in [-0.15, -0.1) is 0 Å². The van der Waals surface area contributed by atoms with Crippen LogP contribution in [-0.2, 0) is 16.0 Å². The third kappa shape index (κ3) is 6.39. The van der Waals surface area contributed by atoms with E-state index >= 15 is 0 Å². The van der Waals surface area contributed by atoms with Gasteiger partial charge in [0.25, 0.3) is 0 Å². The van der Waals surface area contributed by atoms with Gasteiger partial charge in [0, 0.05) is 13.1 Å². The van der Waals surface area contributed by atoms with Crippen molar-refractivity contribution in [2.24, 2.45) is 5.92 Å². The normalized spacial score (nSPS) is 17.5. The first-order valence-electron chi connectivity index (χ1n) is 9.77. The SMILES string of the molecule is O=C(O)C1CCCN(CCO/C=C\c2cc(F)ccc2Cc2ccc(F)cc2)C1. The Kier molecular flexibility index (Phi) is 7.36. The Balaban J connectivity index is 1.54. The molecular formula is C23H25F2NO3. The van der Waals surface area contributed by atoms with Gasteiger partial charge in [0.05, 0.1) is 18.8 Å². The van der Waals surface area contributed by atoms with E-state index in [4.69, 9.17) is 9.84 Å². The fourth-order valence-corrected chi connectivity index (χ4v) is 3.54. The molecule has 0 radical (unpaired) electrons. The van der Waals surface area contributed by atoms with E-state index in [1.807, 2.05) is 0 Å². The number of piperidine rings is 1. The van der Waals surface area contributed by atoms with E-state index in [2.05, 4.69) is 4.90 Å². The predicted octanol–water partition coefficient (Wildman–Crippen LogP) is 4.34. The second-order valence-corrected chi connectivity index (χ2v) is 7.30. The van der Waals surface area contributed by atoms with Gasteiger partial charge in [0.15, 0.2) is 0 Å². The molecule has 1 heterocycles. The zero-order chi connectivity index (χ0) is 20.6. The lowest BCUT2D eigenvalue weighted by atomic mass is 9.98. The summed E-state index contributed by atoms with van der Waals surface area (Å²) in [6.45, 7) is 2.52. The Morgan fingerprint density at radius 2 is 1.93 bits per heavy atom. The van der Waals surface area contributed by atoms with Gasteiger partial charge in [0.2, 0.25) is 0 Å². The lowest BCUT2D eigenvalue weighted by Crippen LogP contribution is -2.40. The van der Waals surface area contributed by atoms with Crippen LogP contribution in [0.1, 0.15) is 29.5 Å². The highest BCUT2D eigenvalue weighted by atomic mass is 19.1. The van der Waals surface area contributed by atoms with E-state index in [0.29, 0.717) is 31.7 Å². The first kappa shape index (κ1) is 21.0. The lowest BCUT2D eigenvalue weighted by molar-refractivity contribution is -0.143. The van der Waals surface area contributed by atoms with E-state index in [9.17, 15) is 13.6 Å². The number of hydrogen-bond donors (Lipinski definition) is 1. The van der Waals surface area contributed by atoms with E-state index < -0.39 is 5.97 Å². The zero-order valence-electron chi connectivity index (χ0n) is 16.2. The summed E-state index contributed by atoms with van der Waals surface area (Å²) in [5.74, 6) is -1.67. The van der Waals surface area contributed by atoms with Crippen LogP contribution in [0.2, 0.25) is 0 Å². The molecule has 0 spiro atoms. The summed E-state index contributed by atoms with van der Waals surface area (Å²) in [4.78, 5) is 13.2. The van der Waals surface area contributed by atoms with Gasteiger partial charge in [-0.05, 0) is 72.8 Å². The Morgan fingerprint density at radius 1 is 1.17 bits per heavy atom. The van der Waals surface area contributed by atoms with Gasteiger partial charge in [-0.1, -0.05) is 18.2 Å². The number of hydrogen-bond acceptors (Lipinski definition) is 3. The highest BCUT2D eigenvalue weighted by molar-refractivity contribution is 5.70. The van der Waals surface area contributed by atoms with Crippen molar-refractivity contribution in [3.63, 3.8) is 0 Å². The van der Waals surface area contributed by atoms with Crippen LogP contribution in [0.15, 0.2) is 48.7 Å². The largest absolute Gasteiger partial charge is 0.500 e. The number of halogens is 2.